The molecule has 0 heterocycles. The van der Waals surface area contributed by atoms with Gasteiger partial charge in [0.05, 0.1) is 6.61 Å². The molecule has 76 valence electrons. The van der Waals surface area contributed by atoms with Crippen molar-refractivity contribution in [3.05, 3.63) is 0 Å². The van der Waals surface area contributed by atoms with Gasteiger partial charge in [-0.05, 0) is 20.9 Å². The molecule has 13 heavy (non-hydrogen) atoms. The van der Waals surface area contributed by atoms with E-state index in [1.54, 1.807) is 14.0 Å². The van der Waals surface area contributed by atoms with Crippen molar-refractivity contribution in [1.82, 2.24) is 10.6 Å². The van der Waals surface area contributed by atoms with Crippen LogP contribution in [0, 0.1) is 0 Å². The zero-order valence-corrected chi connectivity index (χ0v) is 8.22. The van der Waals surface area contributed by atoms with Crippen molar-refractivity contribution >= 4 is 11.9 Å². The van der Waals surface area contributed by atoms with Gasteiger partial charge in [-0.3, -0.25) is 4.79 Å². The van der Waals surface area contributed by atoms with Crippen molar-refractivity contribution in [2.45, 2.75) is 19.9 Å². The van der Waals surface area contributed by atoms with Crippen molar-refractivity contribution < 1.29 is 14.3 Å². The Bertz CT molecular complexity index is 182. The van der Waals surface area contributed by atoms with Crippen molar-refractivity contribution in [3.63, 3.8) is 0 Å². The van der Waals surface area contributed by atoms with E-state index < -0.39 is 11.9 Å². The van der Waals surface area contributed by atoms with E-state index in [4.69, 9.17) is 0 Å². The van der Waals surface area contributed by atoms with E-state index in [9.17, 15) is 9.59 Å². The molecule has 0 aromatic heterocycles. The Morgan fingerprint density at radius 1 is 1.46 bits per heavy atom. The van der Waals surface area contributed by atoms with Gasteiger partial charge < -0.3 is 15.4 Å². The first kappa shape index (κ1) is 11.9. The van der Waals surface area contributed by atoms with Crippen LogP contribution >= 0.6 is 0 Å². The second kappa shape index (κ2) is 6.42. The van der Waals surface area contributed by atoms with Gasteiger partial charge >= 0.3 is 11.9 Å². The Labute approximate surface area is 77.8 Å². The number of hydrogen-bond acceptors (Lipinski definition) is 4. The fourth-order valence-electron chi connectivity index (χ4n) is 0.617. The zero-order chi connectivity index (χ0) is 10.3. The minimum absolute atomic E-state index is 0.137. The summed E-state index contributed by atoms with van der Waals surface area (Å²) < 4.78 is 4.50. The molecule has 1 unspecified atom stereocenters. The molecule has 0 radical (unpaired) electrons. The van der Waals surface area contributed by atoms with E-state index in [1.807, 2.05) is 6.92 Å². The second-order valence-electron chi connectivity index (χ2n) is 2.62. The standard InChI is InChI=1S/C8H16N2O3/c1-4-13-8(12)7(11)10-5-6(2)9-3/h6,9H,4-5H2,1-3H3,(H,10,11). The van der Waals surface area contributed by atoms with Crippen molar-refractivity contribution in [2.24, 2.45) is 0 Å². The highest BCUT2D eigenvalue weighted by Crippen LogP contribution is 1.80. The van der Waals surface area contributed by atoms with Gasteiger partial charge in [0, 0.05) is 12.6 Å². The molecule has 0 aromatic carbocycles. The number of amides is 1. The number of hydrogen-bond donors (Lipinski definition) is 2. The second-order valence-corrected chi connectivity index (χ2v) is 2.62. The highest BCUT2D eigenvalue weighted by Gasteiger charge is 2.14. The molecule has 0 fully saturated rings. The molecule has 5 nitrogen and oxygen atoms in total. The maximum Gasteiger partial charge on any atom is 0.396 e. The molecule has 0 aliphatic carbocycles. The molecular formula is C8H16N2O3. The Morgan fingerprint density at radius 3 is 2.54 bits per heavy atom. The summed E-state index contributed by atoms with van der Waals surface area (Å²) in [5, 5.41) is 5.37. The maximum absolute atomic E-state index is 10.9. The third-order valence-electron chi connectivity index (χ3n) is 1.52. The molecule has 0 rings (SSSR count). The number of carbonyl (C=O) groups is 2. The summed E-state index contributed by atoms with van der Waals surface area (Å²) in [6.07, 6.45) is 0. The third-order valence-corrected chi connectivity index (χ3v) is 1.52. The lowest BCUT2D eigenvalue weighted by Gasteiger charge is -2.10. The molecule has 5 heteroatoms. The van der Waals surface area contributed by atoms with Gasteiger partial charge in [0.2, 0.25) is 0 Å². The van der Waals surface area contributed by atoms with Crippen LogP contribution in [0.5, 0.6) is 0 Å². The predicted octanol–water partition coefficient (Wildman–Crippen LogP) is -0.726. The first-order valence-corrected chi connectivity index (χ1v) is 4.24. The quantitative estimate of drug-likeness (QED) is 0.451. The average molecular weight is 188 g/mol. The van der Waals surface area contributed by atoms with Crippen LogP contribution in [-0.4, -0.2) is 38.1 Å². The SMILES string of the molecule is CCOC(=O)C(=O)NCC(C)NC. The third kappa shape index (κ3) is 5.19. The van der Waals surface area contributed by atoms with Gasteiger partial charge in [0.25, 0.3) is 0 Å². The number of carbonyl (C=O) groups excluding carboxylic acids is 2. The monoisotopic (exact) mass is 188 g/mol. The average Bonchev–Trinajstić information content (AvgIpc) is 2.13. The highest BCUT2D eigenvalue weighted by atomic mass is 16.5. The minimum atomic E-state index is -0.828. The number of rotatable bonds is 4. The summed E-state index contributed by atoms with van der Waals surface area (Å²) in [6.45, 7) is 4.18. The molecule has 1 amide bonds. The van der Waals surface area contributed by atoms with Crippen LogP contribution in [0.3, 0.4) is 0 Å². The summed E-state index contributed by atoms with van der Waals surface area (Å²) in [7, 11) is 1.78. The summed E-state index contributed by atoms with van der Waals surface area (Å²) in [6, 6.07) is 0.137. The fraction of sp³-hybridized carbons (Fsp3) is 0.750. The molecular weight excluding hydrogens is 172 g/mol. The van der Waals surface area contributed by atoms with Crippen LogP contribution in [-0.2, 0) is 14.3 Å². The Hall–Kier alpha value is -1.10. The highest BCUT2D eigenvalue weighted by molar-refractivity contribution is 6.32. The summed E-state index contributed by atoms with van der Waals surface area (Å²) in [4.78, 5) is 21.7. The van der Waals surface area contributed by atoms with Crippen molar-refractivity contribution in [1.29, 1.82) is 0 Å². The molecule has 2 N–H and O–H groups in total. The Kier molecular flexibility index (Phi) is 5.88. The van der Waals surface area contributed by atoms with Gasteiger partial charge in [0.15, 0.2) is 0 Å². The predicted molar refractivity (Wildman–Crippen MR) is 48.2 cm³/mol. The van der Waals surface area contributed by atoms with Crippen LogP contribution in [0.2, 0.25) is 0 Å². The van der Waals surface area contributed by atoms with Gasteiger partial charge in [-0.1, -0.05) is 0 Å². The molecule has 0 aromatic rings. The van der Waals surface area contributed by atoms with E-state index in [-0.39, 0.29) is 12.6 Å². The van der Waals surface area contributed by atoms with E-state index in [0.29, 0.717) is 6.54 Å². The van der Waals surface area contributed by atoms with Gasteiger partial charge in [-0.25, -0.2) is 4.79 Å². The van der Waals surface area contributed by atoms with Crippen LogP contribution in [0.4, 0.5) is 0 Å². The first-order valence-electron chi connectivity index (χ1n) is 4.24. The molecule has 0 bridgehead atoms. The van der Waals surface area contributed by atoms with Crippen LogP contribution < -0.4 is 10.6 Å². The number of nitrogens with one attached hydrogen (secondary N) is 2. The maximum atomic E-state index is 10.9. The number of likely N-dealkylation sites (N-methyl/N-ethyl adjacent to an activating group) is 1. The van der Waals surface area contributed by atoms with Gasteiger partial charge in [0.1, 0.15) is 0 Å². The molecule has 0 saturated heterocycles. The fourth-order valence-corrected chi connectivity index (χ4v) is 0.617. The smallest absolute Gasteiger partial charge is 0.396 e. The topological polar surface area (TPSA) is 67.4 Å². The van der Waals surface area contributed by atoms with Gasteiger partial charge in [-0.2, -0.15) is 0 Å². The molecule has 0 aliphatic rings. The Morgan fingerprint density at radius 2 is 2.08 bits per heavy atom. The minimum Gasteiger partial charge on any atom is -0.459 e. The zero-order valence-electron chi connectivity index (χ0n) is 8.22. The lowest BCUT2D eigenvalue weighted by Crippen LogP contribution is -2.40. The van der Waals surface area contributed by atoms with E-state index >= 15 is 0 Å². The van der Waals surface area contributed by atoms with Crippen LogP contribution in [0.15, 0.2) is 0 Å². The van der Waals surface area contributed by atoms with E-state index in [1.165, 1.54) is 0 Å². The normalized spacial score (nSPS) is 11.9. The molecule has 0 aliphatic heterocycles. The lowest BCUT2D eigenvalue weighted by molar-refractivity contribution is -0.154. The van der Waals surface area contributed by atoms with E-state index in [2.05, 4.69) is 15.4 Å². The van der Waals surface area contributed by atoms with Gasteiger partial charge in [-0.15, -0.1) is 0 Å². The summed E-state index contributed by atoms with van der Waals surface area (Å²) in [5.41, 5.74) is 0. The van der Waals surface area contributed by atoms with Crippen molar-refractivity contribution in [2.75, 3.05) is 20.2 Å². The summed E-state index contributed by atoms with van der Waals surface area (Å²) in [5.74, 6) is -1.52. The first-order chi connectivity index (χ1) is 6.11. The van der Waals surface area contributed by atoms with Crippen molar-refractivity contribution in [3.8, 4) is 0 Å². The van der Waals surface area contributed by atoms with E-state index in [0.717, 1.165) is 0 Å². The summed E-state index contributed by atoms with van der Waals surface area (Å²) >= 11 is 0. The number of ether oxygens (including phenoxy) is 1. The Balaban J connectivity index is 3.68. The lowest BCUT2D eigenvalue weighted by atomic mass is 10.3. The van der Waals surface area contributed by atoms with Crippen LogP contribution in [0.1, 0.15) is 13.8 Å². The molecule has 0 saturated carbocycles. The molecule has 1 atom stereocenters. The molecule has 0 spiro atoms. The largest absolute Gasteiger partial charge is 0.459 e. The number of esters is 1. The van der Waals surface area contributed by atoms with Crippen LogP contribution in [0.25, 0.3) is 0 Å².